The van der Waals surface area contributed by atoms with Crippen molar-refractivity contribution in [1.29, 1.82) is 0 Å². The van der Waals surface area contributed by atoms with Gasteiger partial charge in [-0.1, -0.05) is 36.4 Å². The van der Waals surface area contributed by atoms with Crippen LogP contribution < -0.4 is 0 Å². The van der Waals surface area contributed by atoms with E-state index in [9.17, 15) is 4.79 Å². The SMILES string of the molecule is Cc1ccc2c(C=O)nc(-c3ccccc3)n2c1. The van der Waals surface area contributed by atoms with Crippen molar-refractivity contribution in [3.8, 4) is 11.4 Å². The first kappa shape index (κ1) is 10.7. The molecule has 0 amide bonds. The molecule has 0 aliphatic rings. The Kier molecular flexibility index (Phi) is 2.45. The Morgan fingerprint density at radius 3 is 2.61 bits per heavy atom. The van der Waals surface area contributed by atoms with Gasteiger partial charge in [0, 0.05) is 11.8 Å². The van der Waals surface area contributed by atoms with Crippen molar-refractivity contribution in [1.82, 2.24) is 9.38 Å². The molecule has 0 saturated heterocycles. The summed E-state index contributed by atoms with van der Waals surface area (Å²) in [5.74, 6) is 0.802. The van der Waals surface area contributed by atoms with Gasteiger partial charge in [-0.15, -0.1) is 0 Å². The van der Waals surface area contributed by atoms with Crippen LogP contribution in [0.5, 0.6) is 0 Å². The molecule has 3 aromatic rings. The van der Waals surface area contributed by atoms with Crippen molar-refractivity contribution < 1.29 is 4.79 Å². The molecule has 18 heavy (non-hydrogen) atoms. The fourth-order valence-corrected chi connectivity index (χ4v) is 2.09. The maximum Gasteiger partial charge on any atom is 0.170 e. The van der Waals surface area contributed by atoms with Crippen LogP contribution in [-0.4, -0.2) is 15.7 Å². The van der Waals surface area contributed by atoms with Gasteiger partial charge in [-0.3, -0.25) is 9.20 Å². The summed E-state index contributed by atoms with van der Waals surface area (Å²) < 4.78 is 1.97. The summed E-state index contributed by atoms with van der Waals surface area (Å²) in [6, 6.07) is 13.8. The lowest BCUT2D eigenvalue weighted by Crippen LogP contribution is -1.89. The van der Waals surface area contributed by atoms with Gasteiger partial charge < -0.3 is 0 Å². The summed E-state index contributed by atoms with van der Waals surface area (Å²) in [4.78, 5) is 15.5. The minimum Gasteiger partial charge on any atom is -0.299 e. The molecule has 0 spiro atoms. The van der Waals surface area contributed by atoms with Crippen molar-refractivity contribution in [3.05, 3.63) is 59.9 Å². The van der Waals surface area contributed by atoms with E-state index in [1.807, 2.05) is 60.0 Å². The lowest BCUT2D eigenvalue weighted by atomic mass is 10.2. The molecule has 2 heterocycles. The van der Waals surface area contributed by atoms with E-state index in [4.69, 9.17) is 0 Å². The minimum atomic E-state index is 0.480. The number of imidazole rings is 1. The molecule has 2 aromatic heterocycles. The average molecular weight is 236 g/mol. The second-order valence-corrected chi connectivity index (χ2v) is 4.27. The highest BCUT2D eigenvalue weighted by atomic mass is 16.1. The van der Waals surface area contributed by atoms with Crippen molar-refractivity contribution in [2.24, 2.45) is 0 Å². The number of rotatable bonds is 2. The number of nitrogens with zero attached hydrogens (tertiary/aromatic N) is 2. The standard InChI is InChI=1S/C15H12N2O/c1-11-7-8-14-13(10-18)16-15(17(14)9-11)12-5-3-2-4-6-12/h2-10H,1H3. The van der Waals surface area contributed by atoms with Crippen LogP contribution in [0.3, 0.4) is 0 Å². The first-order valence-corrected chi connectivity index (χ1v) is 5.79. The lowest BCUT2D eigenvalue weighted by molar-refractivity contribution is 0.112. The maximum absolute atomic E-state index is 11.1. The average Bonchev–Trinajstić information content (AvgIpc) is 2.77. The van der Waals surface area contributed by atoms with E-state index in [0.29, 0.717) is 5.69 Å². The zero-order chi connectivity index (χ0) is 12.5. The Morgan fingerprint density at radius 2 is 1.89 bits per heavy atom. The number of carbonyl (C=O) groups excluding carboxylic acids is 1. The molecular weight excluding hydrogens is 224 g/mol. The molecule has 0 saturated carbocycles. The fraction of sp³-hybridized carbons (Fsp3) is 0.0667. The molecule has 1 aromatic carbocycles. The highest BCUT2D eigenvalue weighted by Gasteiger charge is 2.11. The van der Waals surface area contributed by atoms with Gasteiger partial charge in [0.15, 0.2) is 6.29 Å². The summed E-state index contributed by atoms with van der Waals surface area (Å²) in [7, 11) is 0. The number of hydrogen-bond acceptors (Lipinski definition) is 2. The maximum atomic E-state index is 11.1. The Labute approximate surface area is 105 Å². The molecule has 0 fully saturated rings. The third kappa shape index (κ3) is 1.61. The smallest absolute Gasteiger partial charge is 0.170 e. The van der Waals surface area contributed by atoms with Crippen LogP contribution >= 0.6 is 0 Å². The van der Waals surface area contributed by atoms with Crippen LogP contribution in [0.25, 0.3) is 16.9 Å². The molecule has 0 radical (unpaired) electrons. The summed E-state index contributed by atoms with van der Waals surface area (Å²) >= 11 is 0. The van der Waals surface area contributed by atoms with Gasteiger partial charge in [0.25, 0.3) is 0 Å². The number of aryl methyl sites for hydroxylation is 1. The van der Waals surface area contributed by atoms with Gasteiger partial charge in [0.2, 0.25) is 0 Å². The van der Waals surface area contributed by atoms with Crippen molar-refractivity contribution in [2.75, 3.05) is 0 Å². The summed E-state index contributed by atoms with van der Waals surface area (Å²) in [5, 5.41) is 0. The van der Waals surface area contributed by atoms with Crippen LogP contribution in [0.2, 0.25) is 0 Å². The molecule has 0 atom stereocenters. The molecule has 0 N–H and O–H groups in total. The summed E-state index contributed by atoms with van der Waals surface area (Å²) in [5.41, 5.74) is 3.46. The number of pyridine rings is 1. The van der Waals surface area contributed by atoms with Gasteiger partial charge in [0.1, 0.15) is 11.5 Å². The summed E-state index contributed by atoms with van der Waals surface area (Å²) in [6.45, 7) is 2.02. The monoisotopic (exact) mass is 236 g/mol. The number of aldehydes is 1. The van der Waals surface area contributed by atoms with Gasteiger partial charge >= 0.3 is 0 Å². The van der Waals surface area contributed by atoms with Crippen molar-refractivity contribution >= 4 is 11.8 Å². The minimum absolute atomic E-state index is 0.480. The Morgan fingerprint density at radius 1 is 1.11 bits per heavy atom. The van der Waals surface area contributed by atoms with E-state index >= 15 is 0 Å². The number of carbonyl (C=O) groups is 1. The second-order valence-electron chi connectivity index (χ2n) is 4.27. The predicted octanol–water partition coefficient (Wildman–Crippen LogP) is 3.12. The Bertz CT molecular complexity index is 714. The number of benzene rings is 1. The van der Waals surface area contributed by atoms with E-state index in [2.05, 4.69) is 4.98 Å². The van der Waals surface area contributed by atoms with Crippen LogP contribution in [0.1, 0.15) is 16.1 Å². The van der Waals surface area contributed by atoms with E-state index in [0.717, 1.165) is 28.8 Å². The molecule has 3 rings (SSSR count). The molecular formula is C15H12N2O. The van der Waals surface area contributed by atoms with E-state index in [1.165, 1.54) is 0 Å². The first-order valence-electron chi connectivity index (χ1n) is 5.79. The number of aromatic nitrogens is 2. The van der Waals surface area contributed by atoms with E-state index < -0.39 is 0 Å². The summed E-state index contributed by atoms with van der Waals surface area (Å²) in [6.07, 6.45) is 2.80. The third-order valence-corrected chi connectivity index (χ3v) is 2.96. The third-order valence-electron chi connectivity index (χ3n) is 2.96. The second kappa shape index (κ2) is 4.11. The van der Waals surface area contributed by atoms with Crippen LogP contribution in [0.4, 0.5) is 0 Å². The molecule has 0 aliphatic carbocycles. The predicted molar refractivity (Wildman–Crippen MR) is 70.8 cm³/mol. The largest absolute Gasteiger partial charge is 0.299 e. The van der Waals surface area contributed by atoms with Crippen molar-refractivity contribution in [3.63, 3.8) is 0 Å². The van der Waals surface area contributed by atoms with Gasteiger partial charge in [-0.25, -0.2) is 4.98 Å². The molecule has 0 bridgehead atoms. The quantitative estimate of drug-likeness (QED) is 0.641. The highest BCUT2D eigenvalue weighted by Crippen LogP contribution is 2.22. The highest BCUT2D eigenvalue weighted by molar-refractivity contribution is 5.86. The molecule has 3 nitrogen and oxygen atoms in total. The Hall–Kier alpha value is -2.42. The van der Waals surface area contributed by atoms with Crippen LogP contribution in [0.15, 0.2) is 48.7 Å². The zero-order valence-electron chi connectivity index (χ0n) is 10.00. The lowest BCUT2D eigenvalue weighted by Gasteiger charge is -2.02. The van der Waals surface area contributed by atoms with Gasteiger partial charge in [0.05, 0.1) is 5.52 Å². The number of fused-ring (bicyclic) bond motifs is 1. The Balaban J connectivity index is 2.36. The topological polar surface area (TPSA) is 34.4 Å². The molecule has 88 valence electrons. The first-order chi connectivity index (χ1) is 8.79. The van der Waals surface area contributed by atoms with E-state index in [1.54, 1.807) is 0 Å². The normalized spacial score (nSPS) is 10.7. The van der Waals surface area contributed by atoms with Crippen LogP contribution in [-0.2, 0) is 0 Å². The fourth-order valence-electron chi connectivity index (χ4n) is 2.09. The molecule has 0 aliphatic heterocycles. The molecule has 3 heteroatoms. The van der Waals surface area contributed by atoms with Crippen molar-refractivity contribution in [2.45, 2.75) is 6.92 Å². The molecule has 0 unspecified atom stereocenters. The van der Waals surface area contributed by atoms with Gasteiger partial charge in [-0.05, 0) is 18.6 Å². The zero-order valence-corrected chi connectivity index (χ0v) is 10.00. The van der Waals surface area contributed by atoms with Crippen LogP contribution in [0, 0.1) is 6.92 Å². The number of hydrogen-bond donors (Lipinski definition) is 0. The van der Waals surface area contributed by atoms with E-state index in [-0.39, 0.29) is 0 Å². The van der Waals surface area contributed by atoms with Gasteiger partial charge in [-0.2, -0.15) is 0 Å².